The highest BCUT2D eigenvalue weighted by molar-refractivity contribution is 9.10. The van der Waals surface area contributed by atoms with Crippen LogP contribution in [0.5, 0.6) is 0 Å². The molecule has 0 bridgehead atoms. The second-order valence-corrected chi connectivity index (χ2v) is 5.85. The van der Waals surface area contributed by atoms with E-state index in [1.807, 2.05) is 31.5 Å². The third-order valence-corrected chi connectivity index (χ3v) is 3.14. The number of hydrogen-bond acceptors (Lipinski definition) is 3. The fourth-order valence-corrected chi connectivity index (χ4v) is 2.20. The summed E-state index contributed by atoms with van der Waals surface area (Å²) in [4.78, 5) is 17.5. The molecular weight excluding hydrogens is 286 g/mol. The van der Waals surface area contributed by atoms with Gasteiger partial charge < -0.3 is 14.2 Å². The Hall–Kier alpha value is -1.04. The van der Waals surface area contributed by atoms with Gasteiger partial charge >= 0.3 is 6.09 Å². The zero-order valence-electron chi connectivity index (χ0n) is 10.2. The molecular formula is C11H16BrN3O2. The topological polar surface area (TPSA) is 47.4 Å². The monoisotopic (exact) mass is 301 g/mol. The highest BCUT2D eigenvalue weighted by atomic mass is 79.9. The van der Waals surface area contributed by atoms with E-state index in [1.165, 1.54) is 0 Å². The van der Waals surface area contributed by atoms with Gasteiger partial charge in [-0.3, -0.25) is 0 Å². The van der Waals surface area contributed by atoms with Gasteiger partial charge in [-0.2, -0.15) is 0 Å². The maximum atomic E-state index is 11.7. The van der Waals surface area contributed by atoms with Gasteiger partial charge in [-0.1, -0.05) is 0 Å². The van der Waals surface area contributed by atoms with E-state index in [-0.39, 0.29) is 6.09 Å². The molecule has 0 radical (unpaired) electrons. The quantitative estimate of drug-likeness (QED) is 0.800. The Kier molecular flexibility index (Phi) is 3.16. The normalized spacial score (nSPS) is 16.8. The maximum absolute atomic E-state index is 11.7. The lowest BCUT2D eigenvalue weighted by atomic mass is 10.1. The molecule has 1 aliphatic rings. The number of carbonyl (C=O) groups excluding carboxylic acids is 1. The van der Waals surface area contributed by atoms with Gasteiger partial charge in [0.05, 0.1) is 6.04 Å². The first-order chi connectivity index (χ1) is 7.87. The van der Waals surface area contributed by atoms with E-state index in [2.05, 4.69) is 20.9 Å². The molecule has 1 fully saturated rings. The van der Waals surface area contributed by atoms with Crippen molar-refractivity contribution in [1.82, 2.24) is 14.5 Å². The molecule has 1 amide bonds. The zero-order valence-corrected chi connectivity index (χ0v) is 11.8. The van der Waals surface area contributed by atoms with Crippen molar-refractivity contribution in [3.63, 3.8) is 0 Å². The molecule has 0 N–H and O–H groups in total. The first kappa shape index (κ1) is 12.4. The van der Waals surface area contributed by atoms with Crippen LogP contribution in [0.1, 0.15) is 26.8 Å². The first-order valence-corrected chi connectivity index (χ1v) is 6.32. The average Bonchev–Trinajstić information content (AvgIpc) is 2.46. The second kappa shape index (κ2) is 4.33. The summed E-state index contributed by atoms with van der Waals surface area (Å²) in [7, 11) is 0. The van der Waals surface area contributed by atoms with Gasteiger partial charge in [-0.15, -0.1) is 0 Å². The van der Waals surface area contributed by atoms with Crippen molar-refractivity contribution in [2.45, 2.75) is 32.4 Å². The molecule has 5 nitrogen and oxygen atoms in total. The van der Waals surface area contributed by atoms with Crippen molar-refractivity contribution in [2.75, 3.05) is 13.1 Å². The summed E-state index contributed by atoms with van der Waals surface area (Å²) in [6, 6.07) is 0.291. The minimum atomic E-state index is -0.433. The Balaban J connectivity index is 1.87. The summed E-state index contributed by atoms with van der Waals surface area (Å²) in [5, 5.41) is 0. The molecule has 6 heteroatoms. The van der Waals surface area contributed by atoms with Crippen molar-refractivity contribution < 1.29 is 9.53 Å². The van der Waals surface area contributed by atoms with E-state index >= 15 is 0 Å². The molecule has 17 heavy (non-hydrogen) atoms. The average molecular weight is 302 g/mol. The van der Waals surface area contributed by atoms with Gasteiger partial charge in [0, 0.05) is 25.5 Å². The lowest BCUT2D eigenvalue weighted by molar-refractivity contribution is 0.000802. The molecule has 0 aromatic carbocycles. The van der Waals surface area contributed by atoms with Crippen LogP contribution in [0.2, 0.25) is 0 Å². The first-order valence-electron chi connectivity index (χ1n) is 5.53. The Morgan fingerprint density at radius 1 is 1.53 bits per heavy atom. The Morgan fingerprint density at radius 2 is 2.18 bits per heavy atom. The van der Waals surface area contributed by atoms with Gasteiger partial charge in [0.25, 0.3) is 0 Å². The number of imidazole rings is 1. The van der Waals surface area contributed by atoms with Gasteiger partial charge in [0.2, 0.25) is 0 Å². The summed E-state index contributed by atoms with van der Waals surface area (Å²) >= 11 is 3.36. The van der Waals surface area contributed by atoms with E-state index in [1.54, 1.807) is 11.1 Å². The molecule has 0 saturated carbocycles. The van der Waals surface area contributed by atoms with E-state index in [4.69, 9.17) is 4.74 Å². The van der Waals surface area contributed by atoms with Crippen LogP contribution in [-0.2, 0) is 4.74 Å². The number of likely N-dealkylation sites (tertiary alicyclic amines) is 1. The van der Waals surface area contributed by atoms with Crippen molar-refractivity contribution in [1.29, 1.82) is 0 Å². The second-order valence-electron chi connectivity index (χ2n) is 5.14. The smallest absolute Gasteiger partial charge is 0.410 e. The molecule has 1 aromatic heterocycles. The minimum absolute atomic E-state index is 0.245. The molecule has 0 spiro atoms. The van der Waals surface area contributed by atoms with Crippen molar-refractivity contribution in [2.24, 2.45) is 0 Å². The summed E-state index contributed by atoms with van der Waals surface area (Å²) in [5.74, 6) is 0. The van der Waals surface area contributed by atoms with Gasteiger partial charge in [0.1, 0.15) is 5.60 Å². The van der Waals surface area contributed by atoms with Crippen LogP contribution in [-0.4, -0.2) is 39.2 Å². The van der Waals surface area contributed by atoms with Crippen molar-refractivity contribution in [3.05, 3.63) is 17.1 Å². The number of carbonyl (C=O) groups is 1. The largest absolute Gasteiger partial charge is 0.444 e. The maximum Gasteiger partial charge on any atom is 0.410 e. The molecule has 1 aliphatic heterocycles. The molecule has 1 saturated heterocycles. The molecule has 2 heterocycles. The summed E-state index contributed by atoms with van der Waals surface area (Å²) in [6.07, 6.45) is 3.39. The fraction of sp³-hybridized carbons (Fsp3) is 0.636. The Labute approximate surface area is 109 Å². The van der Waals surface area contributed by atoms with E-state index in [0.717, 1.165) is 4.73 Å². The van der Waals surface area contributed by atoms with Gasteiger partial charge in [-0.25, -0.2) is 9.78 Å². The lowest BCUT2D eigenvalue weighted by Gasteiger charge is -2.40. The molecule has 94 valence electrons. The number of nitrogens with zero attached hydrogens (tertiary/aromatic N) is 3. The van der Waals surface area contributed by atoms with E-state index < -0.39 is 5.60 Å². The Morgan fingerprint density at radius 3 is 2.65 bits per heavy atom. The lowest BCUT2D eigenvalue weighted by Crippen LogP contribution is -2.52. The van der Waals surface area contributed by atoms with Gasteiger partial charge in [-0.05, 0) is 36.7 Å². The van der Waals surface area contributed by atoms with Crippen LogP contribution in [0.25, 0.3) is 0 Å². The third kappa shape index (κ3) is 2.80. The summed E-state index contributed by atoms with van der Waals surface area (Å²) in [5.41, 5.74) is -0.433. The highest BCUT2D eigenvalue weighted by Crippen LogP contribution is 2.26. The molecule has 0 atom stereocenters. The predicted molar refractivity (Wildman–Crippen MR) is 66.8 cm³/mol. The van der Waals surface area contributed by atoms with Gasteiger partial charge in [0.15, 0.2) is 4.73 Å². The van der Waals surface area contributed by atoms with Crippen LogP contribution in [0.15, 0.2) is 17.1 Å². The molecule has 1 aromatic rings. The van der Waals surface area contributed by atoms with Crippen LogP contribution >= 0.6 is 15.9 Å². The number of amides is 1. The van der Waals surface area contributed by atoms with Crippen LogP contribution < -0.4 is 0 Å². The number of ether oxygens (including phenoxy) is 1. The van der Waals surface area contributed by atoms with Crippen LogP contribution in [0.3, 0.4) is 0 Å². The van der Waals surface area contributed by atoms with Crippen LogP contribution in [0.4, 0.5) is 4.79 Å². The van der Waals surface area contributed by atoms with E-state index in [0.29, 0.717) is 19.1 Å². The third-order valence-electron chi connectivity index (χ3n) is 2.53. The number of halogens is 1. The minimum Gasteiger partial charge on any atom is -0.444 e. The fourth-order valence-electron chi connectivity index (χ4n) is 1.67. The summed E-state index contributed by atoms with van der Waals surface area (Å²) in [6.45, 7) is 6.95. The number of aromatic nitrogens is 2. The zero-order chi connectivity index (χ0) is 12.6. The SMILES string of the molecule is CC(C)(C)OC(=O)N1CC(n2ccnc2Br)C1. The summed E-state index contributed by atoms with van der Waals surface area (Å²) < 4.78 is 8.10. The Bertz CT molecular complexity index is 419. The molecule has 0 aliphatic carbocycles. The molecule has 2 rings (SSSR count). The van der Waals surface area contributed by atoms with Crippen molar-refractivity contribution >= 4 is 22.0 Å². The highest BCUT2D eigenvalue weighted by Gasteiger charge is 2.35. The number of hydrogen-bond donors (Lipinski definition) is 0. The molecule has 0 unspecified atom stereocenters. The number of rotatable bonds is 1. The predicted octanol–water partition coefficient (Wildman–Crippen LogP) is 2.44. The van der Waals surface area contributed by atoms with Crippen molar-refractivity contribution in [3.8, 4) is 0 Å². The van der Waals surface area contributed by atoms with E-state index in [9.17, 15) is 4.79 Å². The van der Waals surface area contributed by atoms with Crippen LogP contribution in [0, 0.1) is 0 Å². The standard InChI is InChI=1S/C11H16BrN3O2/c1-11(2,3)17-10(16)14-6-8(7-14)15-5-4-13-9(15)12/h4-5,8H,6-7H2,1-3H3.